The predicted octanol–water partition coefficient (Wildman–Crippen LogP) is 1.18. The summed E-state index contributed by atoms with van der Waals surface area (Å²) < 4.78 is 0. The number of piperidine rings is 1. The van der Waals surface area contributed by atoms with Crippen molar-refractivity contribution in [2.75, 3.05) is 31.1 Å². The van der Waals surface area contributed by atoms with Gasteiger partial charge in [0.15, 0.2) is 11.5 Å². The van der Waals surface area contributed by atoms with Crippen molar-refractivity contribution in [3.05, 3.63) is 17.8 Å². The predicted molar refractivity (Wildman–Crippen MR) is 85.7 cm³/mol. The first-order chi connectivity index (χ1) is 10.7. The summed E-state index contributed by atoms with van der Waals surface area (Å²) in [6.07, 6.45) is 6.45. The minimum Gasteiger partial charge on any atom is -0.364 e. The first kappa shape index (κ1) is 15.2. The molecule has 2 aliphatic heterocycles. The molecule has 120 valence electrons. The fourth-order valence-electron chi connectivity index (χ4n) is 3.74. The maximum atomic E-state index is 11.0. The molecule has 3 heterocycles. The fraction of sp³-hybridized carbons (Fsp3) is 0.688. The minimum absolute atomic E-state index is 0.226. The van der Waals surface area contributed by atoms with Crippen molar-refractivity contribution in [1.82, 2.24) is 15.5 Å². The number of nitrogens with one attached hydrogen (secondary N) is 1. The first-order valence-electron chi connectivity index (χ1n) is 8.33. The summed E-state index contributed by atoms with van der Waals surface area (Å²) in [5.74, 6) is 2.04. The van der Waals surface area contributed by atoms with E-state index in [4.69, 9.17) is 5.73 Å². The third-order valence-corrected chi connectivity index (χ3v) is 5.05. The van der Waals surface area contributed by atoms with Gasteiger partial charge in [0.1, 0.15) is 0 Å². The Kier molecular flexibility index (Phi) is 4.87. The largest absolute Gasteiger partial charge is 0.364 e. The lowest BCUT2D eigenvalue weighted by atomic mass is 9.80. The molecule has 1 aromatic heterocycles. The maximum absolute atomic E-state index is 11.0. The molecule has 6 heteroatoms. The van der Waals surface area contributed by atoms with Crippen molar-refractivity contribution >= 4 is 11.7 Å². The van der Waals surface area contributed by atoms with Crippen LogP contribution in [0.3, 0.4) is 0 Å². The highest BCUT2D eigenvalue weighted by molar-refractivity contribution is 5.90. The van der Waals surface area contributed by atoms with E-state index in [1.165, 1.54) is 45.2 Å². The number of hydrogen-bond acceptors (Lipinski definition) is 5. The summed E-state index contributed by atoms with van der Waals surface area (Å²) in [6, 6.07) is 3.51. The molecule has 0 aromatic carbocycles. The van der Waals surface area contributed by atoms with Gasteiger partial charge < -0.3 is 16.0 Å². The van der Waals surface area contributed by atoms with E-state index in [0.717, 1.165) is 30.7 Å². The average molecular weight is 303 g/mol. The number of carbonyl (C=O) groups excluding carboxylic acids is 1. The van der Waals surface area contributed by atoms with Crippen molar-refractivity contribution in [3.63, 3.8) is 0 Å². The van der Waals surface area contributed by atoms with Gasteiger partial charge in [-0.15, -0.1) is 10.2 Å². The van der Waals surface area contributed by atoms with Crippen molar-refractivity contribution in [3.8, 4) is 0 Å². The quantitative estimate of drug-likeness (QED) is 0.876. The van der Waals surface area contributed by atoms with E-state index in [1.54, 1.807) is 6.07 Å². The number of amides is 1. The maximum Gasteiger partial charge on any atom is 0.269 e. The monoisotopic (exact) mass is 303 g/mol. The fourth-order valence-corrected chi connectivity index (χ4v) is 3.74. The van der Waals surface area contributed by atoms with Crippen LogP contribution in [0.1, 0.15) is 42.6 Å². The van der Waals surface area contributed by atoms with Gasteiger partial charge >= 0.3 is 0 Å². The van der Waals surface area contributed by atoms with Crippen LogP contribution in [-0.4, -0.2) is 42.3 Å². The molecule has 0 bridgehead atoms. The highest BCUT2D eigenvalue weighted by atomic mass is 16.1. The zero-order valence-corrected chi connectivity index (χ0v) is 13.0. The molecular weight excluding hydrogens is 278 g/mol. The zero-order chi connectivity index (χ0) is 15.4. The molecule has 3 rings (SSSR count). The molecule has 2 fully saturated rings. The summed E-state index contributed by atoms with van der Waals surface area (Å²) in [4.78, 5) is 13.3. The third-order valence-electron chi connectivity index (χ3n) is 5.05. The standard InChI is InChI=1S/C16H25N5O/c17-16(22)14-3-4-15(20-19-14)21-10-6-13(7-11-21)12-2-1-8-18-9-5-12/h3-4,12-13,18H,1-2,5-11H2,(H2,17,22). The van der Waals surface area contributed by atoms with Gasteiger partial charge in [-0.1, -0.05) is 0 Å². The van der Waals surface area contributed by atoms with Gasteiger partial charge in [-0.05, 0) is 69.2 Å². The summed E-state index contributed by atoms with van der Waals surface area (Å²) >= 11 is 0. The topological polar surface area (TPSA) is 84.1 Å². The Labute approximate surface area is 131 Å². The summed E-state index contributed by atoms with van der Waals surface area (Å²) in [6.45, 7) is 4.40. The van der Waals surface area contributed by atoms with Crippen molar-refractivity contribution < 1.29 is 4.79 Å². The second-order valence-electron chi connectivity index (χ2n) is 6.41. The first-order valence-corrected chi connectivity index (χ1v) is 8.33. The number of nitrogens with zero attached hydrogens (tertiary/aromatic N) is 3. The molecule has 0 spiro atoms. The van der Waals surface area contributed by atoms with Gasteiger partial charge in [-0.25, -0.2) is 0 Å². The summed E-state index contributed by atoms with van der Waals surface area (Å²) in [7, 11) is 0. The van der Waals surface area contributed by atoms with E-state index in [-0.39, 0.29) is 5.69 Å². The number of anilines is 1. The van der Waals surface area contributed by atoms with Crippen LogP contribution in [0.5, 0.6) is 0 Å². The van der Waals surface area contributed by atoms with Crippen molar-refractivity contribution in [2.45, 2.75) is 32.1 Å². The minimum atomic E-state index is -0.528. The van der Waals surface area contributed by atoms with Crippen LogP contribution in [0.2, 0.25) is 0 Å². The van der Waals surface area contributed by atoms with Crippen molar-refractivity contribution in [1.29, 1.82) is 0 Å². The second-order valence-corrected chi connectivity index (χ2v) is 6.41. The second kappa shape index (κ2) is 7.05. The van der Waals surface area contributed by atoms with Crippen LogP contribution in [0, 0.1) is 11.8 Å². The number of hydrogen-bond donors (Lipinski definition) is 2. The molecule has 0 saturated carbocycles. The molecule has 6 nitrogen and oxygen atoms in total. The summed E-state index contributed by atoms with van der Waals surface area (Å²) in [5, 5.41) is 11.5. The van der Waals surface area contributed by atoms with Crippen molar-refractivity contribution in [2.24, 2.45) is 17.6 Å². The van der Waals surface area contributed by atoms with E-state index in [9.17, 15) is 4.79 Å². The Morgan fingerprint density at radius 2 is 1.86 bits per heavy atom. The Bertz CT molecular complexity index is 488. The van der Waals surface area contributed by atoms with Crippen LogP contribution in [0.4, 0.5) is 5.82 Å². The van der Waals surface area contributed by atoms with Crippen LogP contribution in [0.15, 0.2) is 12.1 Å². The number of rotatable bonds is 3. The van der Waals surface area contributed by atoms with Crippen LogP contribution in [-0.2, 0) is 0 Å². The Morgan fingerprint density at radius 1 is 1.09 bits per heavy atom. The lowest BCUT2D eigenvalue weighted by Gasteiger charge is -2.36. The van der Waals surface area contributed by atoms with Gasteiger partial charge in [-0.2, -0.15) is 0 Å². The van der Waals surface area contributed by atoms with E-state index < -0.39 is 5.91 Å². The molecule has 1 aromatic rings. The number of primary amides is 1. The molecule has 1 atom stereocenters. The van der Waals surface area contributed by atoms with Gasteiger partial charge in [0.25, 0.3) is 5.91 Å². The SMILES string of the molecule is NC(=O)c1ccc(N2CCC(C3CCCNCC3)CC2)nn1. The molecule has 1 amide bonds. The van der Waals surface area contributed by atoms with E-state index in [1.807, 2.05) is 6.07 Å². The molecule has 0 aliphatic carbocycles. The van der Waals surface area contributed by atoms with Gasteiger partial charge in [0, 0.05) is 13.1 Å². The molecular formula is C16H25N5O. The van der Waals surface area contributed by atoms with Crippen LogP contribution >= 0.6 is 0 Å². The number of nitrogens with two attached hydrogens (primary N) is 1. The van der Waals surface area contributed by atoms with E-state index in [2.05, 4.69) is 20.4 Å². The third kappa shape index (κ3) is 3.55. The Morgan fingerprint density at radius 3 is 2.55 bits per heavy atom. The van der Waals surface area contributed by atoms with Gasteiger partial charge in [-0.3, -0.25) is 4.79 Å². The highest BCUT2D eigenvalue weighted by Crippen LogP contribution is 2.32. The highest BCUT2D eigenvalue weighted by Gasteiger charge is 2.27. The summed E-state index contributed by atoms with van der Waals surface area (Å²) in [5.41, 5.74) is 5.42. The lowest BCUT2D eigenvalue weighted by molar-refractivity contribution is 0.0994. The van der Waals surface area contributed by atoms with Gasteiger partial charge in [0.2, 0.25) is 0 Å². The molecule has 1 unspecified atom stereocenters. The smallest absolute Gasteiger partial charge is 0.269 e. The van der Waals surface area contributed by atoms with Gasteiger partial charge in [0.05, 0.1) is 0 Å². The molecule has 3 N–H and O–H groups in total. The Hall–Kier alpha value is -1.69. The van der Waals surface area contributed by atoms with Crippen LogP contribution in [0.25, 0.3) is 0 Å². The number of aromatic nitrogens is 2. The molecule has 2 saturated heterocycles. The lowest BCUT2D eigenvalue weighted by Crippen LogP contribution is -2.37. The average Bonchev–Trinajstić information content (AvgIpc) is 2.84. The Balaban J connectivity index is 1.55. The van der Waals surface area contributed by atoms with Crippen LogP contribution < -0.4 is 16.0 Å². The zero-order valence-electron chi connectivity index (χ0n) is 13.0. The molecule has 2 aliphatic rings. The normalized spacial score (nSPS) is 24.0. The molecule has 0 radical (unpaired) electrons. The van der Waals surface area contributed by atoms with E-state index >= 15 is 0 Å². The van der Waals surface area contributed by atoms with E-state index in [0.29, 0.717) is 0 Å². The number of carbonyl (C=O) groups is 1. The molecule has 22 heavy (non-hydrogen) atoms.